The zero-order valence-electron chi connectivity index (χ0n) is 29.6. The molecule has 26 heavy (non-hydrogen) atoms. The lowest BCUT2D eigenvalue weighted by Gasteiger charge is -2.36. The molecule has 0 saturated heterocycles. The van der Waals surface area contributed by atoms with Gasteiger partial charge in [-0.1, -0.05) is 75.0 Å². The van der Waals surface area contributed by atoms with E-state index in [9.17, 15) is 9.90 Å². The molecule has 0 bridgehead atoms. The van der Waals surface area contributed by atoms with Crippen molar-refractivity contribution < 1.29 is 35.2 Å². The van der Waals surface area contributed by atoms with Crippen LogP contribution in [0.3, 0.4) is 0 Å². The molecule has 1 aromatic carbocycles. The number of benzene rings is 1. The predicted molar refractivity (Wildman–Crippen MR) is 103 cm³/mol. The molecule has 0 radical (unpaired) electrons. The number of aliphatic hydroxyl groups is 1. The summed E-state index contributed by atoms with van der Waals surface area (Å²) in [7, 11) is 0. The first kappa shape index (κ1) is 8.04. The number of carbonyl (C=O) groups excluding carboxylic acids is 1. The molecular formula is C22H31NO3. The Bertz CT molecular complexity index is 1190. The summed E-state index contributed by atoms with van der Waals surface area (Å²) < 4.78 is 128. The van der Waals surface area contributed by atoms with Gasteiger partial charge in [-0.2, -0.15) is 0 Å². The minimum Gasteiger partial charge on any atom is -0.450 e. The maximum absolute atomic E-state index is 13.6. The molecule has 0 aromatic heterocycles. The third-order valence-electron chi connectivity index (χ3n) is 3.77. The number of carbonyl (C=O) groups is 1. The van der Waals surface area contributed by atoms with Crippen molar-refractivity contribution in [1.29, 1.82) is 0 Å². The van der Waals surface area contributed by atoms with Gasteiger partial charge in [0, 0.05) is 19.6 Å². The van der Waals surface area contributed by atoms with E-state index in [4.69, 9.17) is 25.3 Å². The van der Waals surface area contributed by atoms with E-state index in [0.29, 0.717) is 13.1 Å². The molecule has 0 aliphatic heterocycles. The molecule has 1 fully saturated rings. The number of nitrogens with zero attached hydrogens (tertiary/aromatic N) is 1. The van der Waals surface area contributed by atoms with Crippen molar-refractivity contribution in [2.45, 2.75) is 51.3 Å². The molecule has 1 aromatic rings. The minimum atomic E-state index is -3.97. The summed E-state index contributed by atoms with van der Waals surface area (Å²) in [6.45, 7) is 4.46. The first-order valence-corrected chi connectivity index (χ1v) is 8.11. The smallest absolute Gasteiger partial charge is 0.344 e. The highest BCUT2D eigenvalue weighted by Crippen LogP contribution is 2.40. The van der Waals surface area contributed by atoms with E-state index in [0.717, 1.165) is 0 Å². The average molecular weight is 373 g/mol. The fourth-order valence-corrected chi connectivity index (χ4v) is 2.18. The number of hydrogen-bond acceptors (Lipinski definition) is 4. The molecule has 0 spiro atoms. The van der Waals surface area contributed by atoms with Crippen LogP contribution in [0.25, 0.3) is 0 Å². The molecule has 1 saturated carbocycles. The molecule has 1 N–H and O–H groups in total. The van der Waals surface area contributed by atoms with Gasteiger partial charge < -0.3 is 9.84 Å². The third kappa shape index (κ3) is 5.09. The predicted octanol–water partition coefficient (Wildman–Crippen LogP) is 3.34. The van der Waals surface area contributed by atoms with Gasteiger partial charge in [-0.3, -0.25) is 4.90 Å². The van der Waals surface area contributed by atoms with E-state index in [1.807, 2.05) is 18.7 Å². The Morgan fingerprint density at radius 2 is 1.92 bits per heavy atom. The fourth-order valence-electron chi connectivity index (χ4n) is 2.18. The third-order valence-corrected chi connectivity index (χ3v) is 3.77. The van der Waals surface area contributed by atoms with Crippen LogP contribution < -0.4 is 0 Å². The average Bonchev–Trinajstić information content (AvgIpc) is 2.86. The van der Waals surface area contributed by atoms with Gasteiger partial charge in [0.15, 0.2) is 12.2 Å². The highest BCUT2D eigenvalue weighted by atomic mass is 16.5. The Kier molecular flexibility index (Phi) is 3.20. The Morgan fingerprint density at radius 1 is 1.27 bits per heavy atom. The largest absolute Gasteiger partial charge is 0.450 e. The molecule has 1 aliphatic carbocycles. The summed E-state index contributed by atoms with van der Waals surface area (Å²) in [5.41, 5.74) is -5.37. The molecule has 2 rings (SSSR count). The quantitative estimate of drug-likeness (QED) is 0.589. The minimum absolute atomic E-state index is 0.237. The molecule has 1 aliphatic rings. The summed E-state index contributed by atoms with van der Waals surface area (Å²) in [5, 5.41) is 12.0. The molecule has 142 valence electrons. The van der Waals surface area contributed by atoms with Gasteiger partial charge in [0.25, 0.3) is 0 Å². The van der Waals surface area contributed by atoms with Crippen molar-refractivity contribution in [3.05, 3.63) is 35.8 Å². The number of ether oxygens (including phenoxy) is 1. The van der Waals surface area contributed by atoms with E-state index in [-0.39, 0.29) is 6.54 Å². The Morgan fingerprint density at radius 3 is 2.54 bits per heavy atom. The van der Waals surface area contributed by atoms with Crippen molar-refractivity contribution in [1.82, 2.24) is 4.90 Å². The normalized spacial score (nSPS) is 35.3. The van der Waals surface area contributed by atoms with Gasteiger partial charge in [0.1, 0.15) is 0 Å². The number of hydrogen-bond donors (Lipinski definition) is 1. The van der Waals surface area contributed by atoms with Crippen LogP contribution in [0.1, 0.15) is 71.8 Å². The number of rotatable bonds is 7. The Labute approximate surface area is 178 Å². The second-order valence-electron chi connectivity index (χ2n) is 5.25. The van der Waals surface area contributed by atoms with Crippen molar-refractivity contribution >= 4 is 5.97 Å². The Balaban J connectivity index is 2.92. The molecule has 0 amide bonds. The molecule has 1 atom stereocenters. The zero-order valence-corrected chi connectivity index (χ0v) is 14.6. The van der Waals surface area contributed by atoms with Gasteiger partial charge in [0.2, 0.25) is 0 Å². The highest BCUT2D eigenvalue weighted by Gasteiger charge is 2.46. The molecule has 4 heteroatoms. The standard InChI is InChI=1S/C22H31NO3/c1-3-23(4-2)17-11-12-18-26-21(24)22(25,19-13-7-5-8-14-19)20-15-9-6-10-16-20/h5,7-8,13-14,20,25H,3-4,6,9-10,15-18H2,1-2H3/i5D,6D2,7D,8D,9D2,10D2,13D,14D,15D2,16D2. The van der Waals surface area contributed by atoms with E-state index in [1.54, 1.807) is 0 Å². The lowest BCUT2D eigenvalue weighted by molar-refractivity contribution is -0.174. The second-order valence-corrected chi connectivity index (χ2v) is 5.25. The van der Waals surface area contributed by atoms with E-state index in [1.165, 1.54) is 0 Å². The maximum atomic E-state index is 13.6. The molecule has 4 nitrogen and oxygen atoms in total. The maximum Gasteiger partial charge on any atom is 0.344 e. The van der Waals surface area contributed by atoms with Gasteiger partial charge >= 0.3 is 5.97 Å². The number of esters is 1. The zero-order chi connectivity index (χ0) is 32.1. The second kappa shape index (κ2) is 10.4. The molecular weight excluding hydrogens is 326 g/mol. The summed E-state index contributed by atoms with van der Waals surface area (Å²) in [6.07, 6.45) is -19.7. The Hall–Kier alpha value is -1.83. The van der Waals surface area contributed by atoms with Crippen LogP contribution in [-0.2, 0) is 15.1 Å². The highest BCUT2D eigenvalue weighted by molar-refractivity contribution is 5.81. The lowest BCUT2D eigenvalue weighted by Crippen LogP contribution is -2.45. The topological polar surface area (TPSA) is 49.8 Å². The fraction of sp³-hybridized carbons (Fsp3) is 0.591. The van der Waals surface area contributed by atoms with Crippen LogP contribution in [0.15, 0.2) is 30.2 Å². The van der Waals surface area contributed by atoms with E-state index < -0.39 is 91.7 Å². The van der Waals surface area contributed by atoms with Gasteiger partial charge in [-0.25, -0.2) is 4.79 Å². The monoisotopic (exact) mass is 372 g/mol. The summed E-state index contributed by atoms with van der Waals surface area (Å²) in [6, 6.07) is -5.80. The van der Waals surface area contributed by atoms with E-state index >= 15 is 0 Å². The van der Waals surface area contributed by atoms with Crippen LogP contribution in [0.4, 0.5) is 0 Å². The van der Waals surface area contributed by atoms with Crippen LogP contribution in [0.5, 0.6) is 0 Å². The first-order chi connectivity index (χ1) is 18.5. The van der Waals surface area contributed by atoms with Gasteiger partial charge in [0.05, 0.1) is 13.4 Å². The van der Waals surface area contributed by atoms with Crippen LogP contribution in [0.2, 0.25) is 0 Å². The van der Waals surface area contributed by atoms with Crippen molar-refractivity contribution in [3.63, 3.8) is 0 Å². The van der Waals surface area contributed by atoms with Crippen LogP contribution in [-0.4, -0.2) is 42.2 Å². The summed E-state index contributed by atoms with van der Waals surface area (Å²) in [4.78, 5) is 15.5. The first-order valence-electron chi connectivity index (χ1n) is 15.6. The van der Waals surface area contributed by atoms with Gasteiger partial charge in [-0.05, 0) is 31.4 Å². The summed E-state index contributed by atoms with van der Waals surface area (Å²) in [5.74, 6) is -0.117. The van der Waals surface area contributed by atoms with Crippen molar-refractivity contribution in [3.8, 4) is 11.8 Å². The summed E-state index contributed by atoms with van der Waals surface area (Å²) >= 11 is 0. The molecule has 0 heterocycles. The van der Waals surface area contributed by atoms with E-state index in [2.05, 4.69) is 11.8 Å². The lowest BCUT2D eigenvalue weighted by atomic mass is 9.73. The van der Waals surface area contributed by atoms with Crippen LogP contribution >= 0.6 is 0 Å². The molecule has 1 unspecified atom stereocenters. The van der Waals surface area contributed by atoms with Gasteiger partial charge in [-0.15, -0.1) is 0 Å². The van der Waals surface area contributed by atoms with Crippen molar-refractivity contribution in [2.24, 2.45) is 5.92 Å². The SMILES string of the molecule is [2H]c1c([2H])c([2H])c(C(O)(C(=O)OCC#CCN(CC)CC)C2C([2H])([2H])C([2H])([2H])C([2H])([2H])C([2H])([2H])C2([2H])[2H])c([2H])c1[2H]. The van der Waals surface area contributed by atoms with Crippen LogP contribution in [0, 0.1) is 17.8 Å². The van der Waals surface area contributed by atoms with Crippen molar-refractivity contribution in [2.75, 3.05) is 26.2 Å².